The summed E-state index contributed by atoms with van der Waals surface area (Å²) in [5.74, 6) is -1.53. The number of Topliss-reactive ketones (excluding diaryl/α,β-unsaturated/α-hetero) is 1. The minimum absolute atomic E-state index is 0.0776. The lowest BCUT2D eigenvalue weighted by molar-refractivity contribution is -0.134. The summed E-state index contributed by atoms with van der Waals surface area (Å²) >= 11 is 0. The van der Waals surface area contributed by atoms with E-state index in [9.17, 15) is 14.7 Å². The number of nitrogens with one attached hydrogen (secondary N) is 2. The molecule has 0 radical (unpaired) electrons. The van der Waals surface area contributed by atoms with Gasteiger partial charge in [-0.1, -0.05) is 0 Å². The maximum Gasteiger partial charge on any atom is 0.345 e. The van der Waals surface area contributed by atoms with Gasteiger partial charge in [-0.2, -0.15) is 0 Å². The van der Waals surface area contributed by atoms with Gasteiger partial charge in [0.2, 0.25) is 11.7 Å². The number of aliphatic carboxylic acids is 1. The summed E-state index contributed by atoms with van der Waals surface area (Å²) in [7, 11) is 2.13. The topological polar surface area (TPSA) is 120 Å². The molecule has 0 unspecified atom stereocenters. The van der Waals surface area contributed by atoms with Crippen molar-refractivity contribution in [3.05, 3.63) is 71.1 Å². The van der Waals surface area contributed by atoms with Crippen LogP contribution >= 0.6 is 0 Å². The molecule has 10 nitrogen and oxygen atoms in total. The second kappa shape index (κ2) is 10.5. The number of rotatable bonds is 8. The lowest BCUT2D eigenvalue weighted by Gasteiger charge is -2.32. The number of carboxylic acids is 1. The van der Waals surface area contributed by atoms with E-state index in [0.717, 1.165) is 49.4 Å². The monoisotopic (exact) mass is 503 g/mol. The molecule has 2 aromatic heterocycles. The molecule has 5 rings (SSSR count). The van der Waals surface area contributed by atoms with Crippen LogP contribution in [0.2, 0.25) is 0 Å². The predicted octanol–water partition coefficient (Wildman–Crippen LogP) is 2.85. The van der Waals surface area contributed by atoms with Crippen molar-refractivity contribution in [2.45, 2.75) is 6.92 Å². The Hall–Kier alpha value is -4.15. The number of carbonyl (C=O) groups excluding carboxylic acids is 1. The second-order valence-electron chi connectivity index (χ2n) is 9.19. The molecule has 1 saturated heterocycles. The number of aromatic nitrogens is 2. The number of anilines is 1. The van der Waals surface area contributed by atoms with Crippen LogP contribution in [0.15, 0.2) is 59.9 Å². The fourth-order valence-corrected chi connectivity index (χ4v) is 4.40. The average Bonchev–Trinajstić information content (AvgIpc) is 3.42. The van der Waals surface area contributed by atoms with Crippen molar-refractivity contribution in [3.8, 4) is 5.75 Å². The first-order valence-electron chi connectivity index (χ1n) is 12.1. The quantitative estimate of drug-likeness (QED) is 0.315. The number of allylic oxidation sites excluding steroid dienone is 1. The number of aryl methyl sites for hydroxylation is 1. The smallest absolute Gasteiger partial charge is 0.345 e. The molecule has 4 heterocycles. The molecule has 0 saturated carbocycles. The van der Waals surface area contributed by atoms with Crippen LogP contribution in [0.4, 0.5) is 5.69 Å². The van der Waals surface area contributed by atoms with E-state index in [1.807, 2.05) is 25.1 Å². The fraction of sp³-hybridized carbons (Fsp3) is 0.296. The van der Waals surface area contributed by atoms with Crippen LogP contribution in [-0.4, -0.2) is 83.0 Å². The molecule has 0 aliphatic carbocycles. The van der Waals surface area contributed by atoms with Gasteiger partial charge in [0.1, 0.15) is 18.0 Å². The normalized spacial score (nSPS) is 18.0. The lowest BCUT2D eigenvalue weighted by Crippen LogP contribution is -2.45. The van der Waals surface area contributed by atoms with Gasteiger partial charge in [-0.15, -0.1) is 0 Å². The highest BCUT2D eigenvalue weighted by Gasteiger charge is 2.36. The van der Waals surface area contributed by atoms with Crippen LogP contribution in [0, 0.1) is 6.92 Å². The number of carbonyl (C=O) groups is 2. The van der Waals surface area contributed by atoms with Crippen LogP contribution in [0.5, 0.6) is 5.75 Å². The van der Waals surface area contributed by atoms with E-state index >= 15 is 0 Å². The van der Waals surface area contributed by atoms with E-state index < -0.39 is 17.3 Å². The summed E-state index contributed by atoms with van der Waals surface area (Å²) in [6.45, 7) is 7.52. The summed E-state index contributed by atoms with van der Waals surface area (Å²) < 4.78 is 11.7. The van der Waals surface area contributed by atoms with Gasteiger partial charge < -0.3 is 29.8 Å². The van der Waals surface area contributed by atoms with E-state index in [1.54, 1.807) is 24.5 Å². The van der Waals surface area contributed by atoms with Gasteiger partial charge in [0.05, 0.1) is 0 Å². The van der Waals surface area contributed by atoms with E-state index in [4.69, 9.17) is 9.47 Å². The molecule has 192 valence electrons. The summed E-state index contributed by atoms with van der Waals surface area (Å²) in [5, 5.41) is 13.5. The number of benzene rings is 1. The molecule has 0 bridgehead atoms. The highest BCUT2D eigenvalue weighted by molar-refractivity contribution is 6.26. The van der Waals surface area contributed by atoms with Crippen LogP contribution in [0.25, 0.3) is 17.1 Å². The van der Waals surface area contributed by atoms with Crippen LogP contribution in [0.1, 0.15) is 11.1 Å². The van der Waals surface area contributed by atoms with Crippen LogP contribution < -0.4 is 10.1 Å². The number of fused-ring (bicyclic) bond motifs is 1. The zero-order valence-corrected chi connectivity index (χ0v) is 20.8. The summed E-state index contributed by atoms with van der Waals surface area (Å²) in [6, 6.07) is 9.11. The molecule has 3 aromatic rings. The number of hydrogen-bond acceptors (Lipinski definition) is 8. The number of piperazine rings is 1. The number of carboxylic acid groups (broad SMARTS) is 1. The Bertz CT molecular complexity index is 1400. The molecule has 37 heavy (non-hydrogen) atoms. The third kappa shape index (κ3) is 5.35. The van der Waals surface area contributed by atoms with Crippen molar-refractivity contribution in [2.75, 3.05) is 51.7 Å². The Labute approximate surface area is 214 Å². The predicted molar refractivity (Wildman–Crippen MR) is 139 cm³/mol. The zero-order valence-electron chi connectivity index (χ0n) is 20.8. The molecule has 0 amide bonds. The minimum atomic E-state index is -1.36. The van der Waals surface area contributed by atoms with Crippen LogP contribution in [-0.2, 0) is 14.3 Å². The van der Waals surface area contributed by atoms with Gasteiger partial charge in [0.15, 0.2) is 11.3 Å². The first kappa shape index (κ1) is 24.5. The molecule has 0 atom stereocenters. The highest BCUT2D eigenvalue weighted by atomic mass is 16.5. The van der Waals surface area contributed by atoms with Crippen molar-refractivity contribution in [3.63, 3.8) is 0 Å². The van der Waals surface area contributed by atoms with E-state index in [1.165, 1.54) is 6.08 Å². The third-order valence-corrected chi connectivity index (χ3v) is 6.59. The molecular weight excluding hydrogens is 474 g/mol. The summed E-state index contributed by atoms with van der Waals surface area (Å²) in [4.78, 5) is 36.8. The van der Waals surface area contributed by atoms with Crippen molar-refractivity contribution in [2.24, 2.45) is 0 Å². The number of H-pyrrole nitrogens is 1. The van der Waals surface area contributed by atoms with Gasteiger partial charge >= 0.3 is 5.97 Å². The Balaban J connectivity index is 1.27. The molecule has 3 N–H and O–H groups in total. The molecule has 1 aromatic carbocycles. The van der Waals surface area contributed by atoms with E-state index in [0.29, 0.717) is 23.5 Å². The molecule has 0 spiro atoms. The molecule has 1 fully saturated rings. The molecular formula is C27H29N5O5. The summed E-state index contributed by atoms with van der Waals surface area (Å²) in [6.07, 6.45) is 4.87. The number of pyridine rings is 1. The van der Waals surface area contributed by atoms with E-state index in [-0.39, 0.29) is 11.6 Å². The minimum Gasteiger partial charge on any atom is -0.492 e. The SMILES string of the molecule is Cc1cc(OCCN2CCN(C)CC2)ccc1NC1=C(C(=O)O)C(=O)C(=Cc2c[nH]c3ncccc23)O1. The van der Waals surface area contributed by atoms with E-state index in [2.05, 4.69) is 32.1 Å². The summed E-state index contributed by atoms with van der Waals surface area (Å²) in [5.41, 5.74) is 2.32. The number of likely N-dealkylation sites (N-methyl/N-ethyl adjacent to an activating group) is 1. The van der Waals surface area contributed by atoms with Gasteiger partial charge in [-0.3, -0.25) is 9.69 Å². The van der Waals surface area contributed by atoms with Crippen LogP contribution in [0.3, 0.4) is 0 Å². The fourth-order valence-electron chi connectivity index (χ4n) is 4.40. The van der Waals surface area contributed by atoms with Crippen molar-refractivity contribution in [1.29, 1.82) is 0 Å². The third-order valence-electron chi connectivity index (χ3n) is 6.59. The zero-order chi connectivity index (χ0) is 25.9. The molecule has 2 aliphatic heterocycles. The largest absolute Gasteiger partial charge is 0.492 e. The average molecular weight is 504 g/mol. The van der Waals surface area contributed by atoms with Gasteiger partial charge in [0, 0.05) is 61.8 Å². The van der Waals surface area contributed by atoms with Gasteiger partial charge in [-0.05, 0) is 55.9 Å². The Kier molecular flexibility index (Phi) is 6.93. The number of hydrogen-bond donors (Lipinski definition) is 3. The van der Waals surface area contributed by atoms with Gasteiger partial charge in [0.25, 0.3) is 0 Å². The lowest BCUT2D eigenvalue weighted by atomic mass is 10.1. The van der Waals surface area contributed by atoms with Gasteiger partial charge in [-0.25, -0.2) is 9.78 Å². The number of ether oxygens (including phenoxy) is 2. The first-order chi connectivity index (χ1) is 17.9. The number of ketones is 1. The maximum atomic E-state index is 12.9. The Morgan fingerprint density at radius 3 is 2.84 bits per heavy atom. The van der Waals surface area contributed by atoms with Crippen molar-refractivity contribution >= 4 is 34.5 Å². The molecule has 2 aliphatic rings. The second-order valence-corrected chi connectivity index (χ2v) is 9.19. The maximum absolute atomic E-state index is 12.9. The number of nitrogens with zero attached hydrogens (tertiary/aromatic N) is 3. The van der Waals surface area contributed by atoms with Crippen molar-refractivity contribution in [1.82, 2.24) is 19.8 Å². The number of aromatic amines is 1. The first-order valence-corrected chi connectivity index (χ1v) is 12.1. The Morgan fingerprint density at radius 1 is 1.27 bits per heavy atom. The highest BCUT2D eigenvalue weighted by Crippen LogP contribution is 2.31. The molecule has 10 heteroatoms. The van der Waals surface area contributed by atoms with Crippen molar-refractivity contribution < 1.29 is 24.2 Å². The Morgan fingerprint density at radius 2 is 2.08 bits per heavy atom. The standard InChI is InChI=1S/C27H29N5O5/c1-17-14-19(36-13-12-32-10-8-31(2)9-11-32)5-6-21(17)30-26-23(27(34)35)24(33)22(37-26)15-18-16-29-25-20(18)4-3-7-28-25/h3-7,14-16,30H,8-13H2,1-2H3,(H,28,29)(H,34,35).